The van der Waals surface area contributed by atoms with Gasteiger partial charge in [0.25, 0.3) is 0 Å². The SMILES string of the molecule is CC(C)(C)c1cc2c(c(C(C)(C)C)c1)C(C)(C)c1cc(N(c3ccc(C4CC5CCC4C5)cc3)c3ccc4c(c3)C(C)(C)c3ccccc3-4)ccc1-2. The molecule has 4 aliphatic rings. The van der Waals surface area contributed by atoms with Gasteiger partial charge in [-0.1, -0.05) is 136 Å². The van der Waals surface area contributed by atoms with Gasteiger partial charge in [0, 0.05) is 27.9 Å². The van der Waals surface area contributed by atoms with Crippen molar-refractivity contribution in [1.29, 1.82) is 0 Å². The molecule has 0 aliphatic heterocycles. The van der Waals surface area contributed by atoms with Crippen LogP contribution in [0, 0.1) is 11.8 Å². The minimum absolute atomic E-state index is 0.0366. The van der Waals surface area contributed by atoms with Crippen LogP contribution < -0.4 is 4.90 Å². The monoisotopic (exact) mass is 683 g/mol. The van der Waals surface area contributed by atoms with Gasteiger partial charge < -0.3 is 4.90 Å². The van der Waals surface area contributed by atoms with Gasteiger partial charge in [-0.25, -0.2) is 0 Å². The second kappa shape index (κ2) is 11.2. The molecule has 2 saturated carbocycles. The number of hydrogen-bond donors (Lipinski definition) is 0. The van der Waals surface area contributed by atoms with Crippen LogP contribution in [-0.4, -0.2) is 0 Å². The molecule has 0 heterocycles. The van der Waals surface area contributed by atoms with Crippen LogP contribution in [0.4, 0.5) is 17.1 Å². The molecule has 1 nitrogen and oxygen atoms in total. The molecule has 3 unspecified atom stereocenters. The molecule has 0 radical (unpaired) electrons. The summed E-state index contributed by atoms with van der Waals surface area (Å²) in [6.45, 7) is 23.9. The summed E-state index contributed by atoms with van der Waals surface area (Å²) in [5.74, 6) is 2.56. The summed E-state index contributed by atoms with van der Waals surface area (Å²) >= 11 is 0. The highest BCUT2D eigenvalue weighted by atomic mass is 15.1. The Labute approximate surface area is 313 Å². The number of anilines is 3. The molecule has 2 fully saturated rings. The minimum Gasteiger partial charge on any atom is -0.310 e. The lowest BCUT2D eigenvalue weighted by molar-refractivity contribution is 0.420. The highest BCUT2D eigenvalue weighted by Gasteiger charge is 2.42. The lowest BCUT2D eigenvalue weighted by Crippen LogP contribution is -2.25. The minimum atomic E-state index is -0.126. The molecule has 0 aromatic heterocycles. The van der Waals surface area contributed by atoms with E-state index in [1.54, 1.807) is 0 Å². The van der Waals surface area contributed by atoms with E-state index >= 15 is 0 Å². The van der Waals surface area contributed by atoms with E-state index in [2.05, 4.69) is 171 Å². The molecule has 5 aromatic carbocycles. The summed E-state index contributed by atoms with van der Waals surface area (Å²) in [5, 5.41) is 0. The van der Waals surface area contributed by atoms with E-state index in [1.165, 1.54) is 104 Å². The van der Waals surface area contributed by atoms with Crippen LogP contribution in [0.25, 0.3) is 22.3 Å². The fourth-order valence-electron chi connectivity index (χ4n) is 10.9. The predicted octanol–water partition coefficient (Wildman–Crippen LogP) is 14.3. The largest absolute Gasteiger partial charge is 0.310 e. The molecule has 0 spiro atoms. The van der Waals surface area contributed by atoms with Gasteiger partial charge in [0.05, 0.1) is 0 Å². The zero-order valence-corrected chi connectivity index (χ0v) is 33.2. The Bertz CT molecular complexity index is 2230. The molecule has 0 saturated heterocycles. The third kappa shape index (κ3) is 5.01. The average molecular weight is 684 g/mol. The van der Waals surface area contributed by atoms with E-state index in [0.717, 1.165) is 17.8 Å². The molecule has 0 N–H and O–H groups in total. The van der Waals surface area contributed by atoms with Crippen LogP contribution in [0.2, 0.25) is 0 Å². The van der Waals surface area contributed by atoms with Crippen LogP contribution in [-0.2, 0) is 21.7 Å². The molecule has 9 rings (SSSR count). The molecule has 3 atom stereocenters. The van der Waals surface area contributed by atoms with Gasteiger partial charge in [0.15, 0.2) is 0 Å². The highest BCUT2D eigenvalue weighted by Crippen LogP contribution is 2.56. The Morgan fingerprint density at radius 2 is 1.13 bits per heavy atom. The summed E-state index contributed by atoms with van der Waals surface area (Å²) in [5.41, 5.74) is 19.4. The highest BCUT2D eigenvalue weighted by molar-refractivity contribution is 5.89. The van der Waals surface area contributed by atoms with E-state index in [9.17, 15) is 0 Å². The normalized spacial score (nSPS) is 21.8. The number of rotatable bonds is 4. The lowest BCUT2D eigenvalue weighted by Gasteiger charge is -2.33. The van der Waals surface area contributed by atoms with Crippen molar-refractivity contribution in [2.24, 2.45) is 11.8 Å². The number of nitrogens with zero attached hydrogens (tertiary/aromatic N) is 1. The van der Waals surface area contributed by atoms with Gasteiger partial charge >= 0.3 is 0 Å². The van der Waals surface area contributed by atoms with Gasteiger partial charge in [0.2, 0.25) is 0 Å². The van der Waals surface area contributed by atoms with Crippen molar-refractivity contribution in [3.63, 3.8) is 0 Å². The quantitative estimate of drug-likeness (QED) is 0.182. The standard InChI is InChI=1S/C51H57N/c1-48(2,3)34-27-42-40-24-22-37(30-45(40)51(9,10)47(42)46(28-34)49(4,5)6)52(35-19-17-32(18-20-35)41-26-31-15-16-33(41)25-31)36-21-23-39-38-13-11-12-14-43(38)50(7,8)44(39)29-36/h11-14,17-24,27-31,33,41H,15-16,25-26H2,1-10H3. The molecule has 266 valence electrons. The van der Waals surface area contributed by atoms with Crippen LogP contribution in [0.1, 0.15) is 140 Å². The molecular weight excluding hydrogens is 627 g/mol. The molecule has 4 aliphatic carbocycles. The third-order valence-corrected chi connectivity index (χ3v) is 13.8. The maximum atomic E-state index is 2.54. The number of hydrogen-bond acceptors (Lipinski definition) is 1. The van der Waals surface area contributed by atoms with Crippen LogP contribution >= 0.6 is 0 Å². The first-order valence-corrected chi connectivity index (χ1v) is 20.0. The molecule has 1 heteroatoms. The fourth-order valence-corrected chi connectivity index (χ4v) is 10.9. The maximum Gasteiger partial charge on any atom is 0.0465 e. The lowest BCUT2D eigenvalue weighted by atomic mass is 9.71. The van der Waals surface area contributed by atoms with Crippen LogP contribution in [0.15, 0.2) is 97.1 Å². The molecular formula is C51H57N. The zero-order valence-electron chi connectivity index (χ0n) is 33.2. The molecule has 52 heavy (non-hydrogen) atoms. The van der Waals surface area contributed by atoms with Crippen LogP contribution in [0.3, 0.4) is 0 Å². The van der Waals surface area contributed by atoms with Gasteiger partial charge in [-0.05, 0) is 145 Å². The van der Waals surface area contributed by atoms with Gasteiger partial charge in [-0.15, -0.1) is 0 Å². The van der Waals surface area contributed by atoms with Crippen LogP contribution in [0.5, 0.6) is 0 Å². The topological polar surface area (TPSA) is 3.24 Å². The average Bonchev–Trinajstić information content (AvgIpc) is 3.85. The second-order valence-corrected chi connectivity index (χ2v) is 19.9. The van der Waals surface area contributed by atoms with Gasteiger partial charge in [0.1, 0.15) is 0 Å². The van der Waals surface area contributed by atoms with Gasteiger partial charge in [-0.2, -0.15) is 0 Å². The Morgan fingerprint density at radius 3 is 1.73 bits per heavy atom. The summed E-state index contributed by atoms with van der Waals surface area (Å²) in [4.78, 5) is 2.54. The second-order valence-electron chi connectivity index (χ2n) is 19.9. The Morgan fingerprint density at radius 1 is 0.538 bits per heavy atom. The first kappa shape index (κ1) is 33.7. The Balaban J connectivity index is 1.20. The fraction of sp³-hybridized carbons (Fsp3) is 0.412. The van der Waals surface area contributed by atoms with E-state index in [4.69, 9.17) is 0 Å². The van der Waals surface area contributed by atoms with Crippen molar-refractivity contribution in [3.05, 3.63) is 136 Å². The van der Waals surface area contributed by atoms with E-state index in [0.29, 0.717) is 0 Å². The van der Waals surface area contributed by atoms with Crippen molar-refractivity contribution in [2.45, 2.75) is 122 Å². The zero-order chi connectivity index (χ0) is 36.5. The summed E-state index contributed by atoms with van der Waals surface area (Å²) in [6, 6.07) is 38.3. The van der Waals surface area contributed by atoms with E-state index in [-0.39, 0.29) is 21.7 Å². The summed E-state index contributed by atoms with van der Waals surface area (Å²) < 4.78 is 0. The van der Waals surface area contributed by atoms with Crippen molar-refractivity contribution in [2.75, 3.05) is 4.90 Å². The van der Waals surface area contributed by atoms with Crippen molar-refractivity contribution in [1.82, 2.24) is 0 Å². The van der Waals surface area contributed by atoms with E-state index < -0.39 is 0 Å². The number of benzene rings is 5. The van der Waals surface area contributed by atoms with E-state index in [1.807, 2.05) is 0 Å². The van der Waals surface area contributed by atoms with Crippen molar-refractivity contribution < 1.29 is 0 Å². The Hall–Kier alpha value is -4.10. The smallest absolute Gasteiger partial charge is 0.0465 e. The van der Waals surface area contributed by atoms with Crippen molar-refractivity contribution >= 4 is 17.1 Å². The first-order valence-electron chi connectivity index (χ1n) is 20.0. The predicted molar refractivity (Wildman–Crippen MR) is 222 cm³/mol. The third-order valence-electron chi connectivity index (χ3n) is 13.8. The summed E-state index contributed by atoms with van der Waals surface area (Å²) in [7, 11) is 0. The maximum absolute atomic E-state index is 2.54. The molecule has 0 amide bonds. The first-order chi connectivity index (χ1) is 24.5. The number of fused-ring (bicyclic) bond motifs is 8. The molecule has 2 bridgehead atoms. The van der Waals surface area contributed by atoms with Crippen molar-refractivity contribution in [3.8, 4) is 22.3 Å². The molecule has 5 aromatic rings. The summed E-state index contributed by atoms with van der Waals surface area (Å²) in [6.07, 6.45) is 5.67. The van der Waals surface area contributed by atoms with Gasteiger partial charge in [-0.3, -0.25) is 0 Å². The Kier molecular flexibility index (Phi) is 7.27.